The molecule has 0 unspecified atom stereocenters. The second-order valence-corrected chi connectivity index (χ2v) is 27.3. The number of anilines is 6. The fraction of sp³-hybridized carbons (Fsp3) is 0.289. The predicted molar refractivity (Wildman–Crippen MR) is 343 cm³/mol. The molecule has 3 aliphatic rings. The Labute approximate surface area is 473 Å². The van der Waals surface area contributed by atoms with E-state index in [1.54, 1.807) is 0 Å². The van der Waals surface area contributed by atoms with E-state index in [9.17, 15) is 0 Å². The summed E-state index contributed by atoms with van der Waals surface area (Å²) >= 11 is 0. The lowest BCUT2D eigenvalue weighted by Crippen LogP contribution is -2.61. The van der Waals surface area contributed by atoms with Crippen LogP contribution in [0.15, 0.2) is 194 Å². The van der Waals surface area contributed by atoms with Crippen LogP contribution in [0, 0.1) is 0 Å². The monoisotopic (exact) mass is 1030 g/mol. The highest BCUT2D eigenvalue weighted by Crippen LogP contribution is 2.52. The fourth-order valence-corrected chi connectivity index (χ4v) is 13.0. The molecule has 0 spiro atoms. The maximum atomic E-state index is 2.70. The van der Waals surface area contributed by atoms with Crippen LogP contribution in [0.4, 0.5) is 34.1 Å². The molecule has 0 N–H and O–H groups in total. The van der Waals surface area contributed by atoms with Crippen LogP contribution in [-0.4, -0.2) is 6.71 Å². The van der Waals surface area contributed by atoms with Gasteiger partial charge >= 0.3 is 0 Å². The first-order chi connectivity index (χ1) is 37.7. The summed E-state index contributed by atoms with van der Waals surface area (Å²) < 4.78 is 0. The van der Waals surface area contributed by atoms with Crippen molar-refractivity contribution in [2.45, 2.75) is 143 Å². The van der Waals surface area contributed by atoms with E-state index >= 15 is 0 Å². The minimum Gasteiger partial charge on any atom is -0.311 e. The van der Waals surface area contributed by atoms with Crippen molar-refractivity contribution in [2.75, 3.05) is 9.80 Å². The van der Waals surface area contributed by atoms with Crippen LogP contribution < -0.4 is 26.2 Å². The molecule has 0 bridgehead atoms. The molecule has 12 rings (SSSR count). The smallest absolute Gasteiger partial charge is 0.252 e. The van der Waals surface area contributed by atoms with Gasteiger partial charge in [-0.3, -0.25) is 0 Å². The van der Waals surface area contributed by atoms with Gasteiger partial charge in [0.1, 0.15) is 0 Å². The van der Waals surface area contributed by atoms with Gasteiger partial charge in [0.2, 0.25) is 0 Å². The van der Waals surface area contributed by atoms with Crippen molar-refractivity contribution in [1.82, 2.24) is 0 Å². The molecule has 0 radical (unpaired) electrons. The van der Waals surface area contributed by atoms with E-state index in [1.165, 1.54) is 155 Å². The molecule has 0 saturated heterocycles. The number of benzene rings is 9. The van der Waals surface area contributed by atoms with Gasteiger partial charge in [-0.2, -0.15) is 0 Å². The van der Waals surface area contributed by atoms with E-state index < -0.39 is 0 Å². The van der Waals surface area contributed by atoms with E-state index in [1.807, 2.05) is 0 Å². The van der Waals surface area contributed by atoms with Crippen molar-refractivity contribution >= 4 is 57.2 Å². The van der Waals surface area contributed by atoms with Gasteiger partial charge in [-0.15, -0.1) is 0 Å². The number of hydrogen-bond acceptors (Lipinski definition) is 2. The lowest BCUT2D eigenvalue weighted by atomic mass is 9.33. The van der Waals surface area contributed by atoms with Gasteiger partial charge in [-0.1, -0.05) is 248 Å². The van der Waals surface area contributed by atoms with Crippen LogP contribution in [0.3, 0.4) is 0 Å². The Bertz CT molecular complexity index is 3490. The topological polar surface area (TPSA) is 6.48 Å². The summed E-state index contributed by atoms with van der Waals surface area (Å²) in [6.45, 7) is 27.9. The van der Waals surface area contributed by atoms with Gasteiger partial charge in [-0.05, 0) is 167 Å². The standard InChI is InChI=1S/C76H79BN2/c1-73(2,3)58-34-28-53(29-35-58)62-48-60(75(7,8)9)38-42-66(62)78-68-40-32-55(50-22-16-13-17-23-50)44-64(68)77-65-45-56(51-24-18-14-19-25-51)33-41-69(65)79(71-47-57(46-70(78)72(71)77)52-26-20-15-21-27-52)67-43-39-61(76(10,11)12)49-63(67)54-30-36-59(37-31-54)74(4,5)6/h13-14,16-19,22-25,28-49,52H,15,20-21,26-27H2,1-12H3. The molecular weight excluding hydrogens is 952 g/mol. The van der Waals surface area contributed by atoms with E-state index in [0.717, 1.165) is 0 Å². The fourth-order valence-electron chi connectivity index (χ4n) is 13.0. The quantitative estimate of drug-likeness (QED) is 0.147. The molecule has 0 atom stereocenters. The summed E-state index contributed by atoms with van der Waals surface area (Å²) in [6, 6.07) is 75.8. The Balaban J connectivity index is 1.21. The minimum absolute atomic E-state index is 0.0376. The van der Waals surface area contributed by atoms with Gasteiger partial charge in [0.25, 0.3) is 6.71 Å². The molecule has 2 heterocycles. The van der Waals surface area contributed by atoms with Crippen molar-refractivity contribution in [2.24, 2.45) is 0 Å². The van der Waals surface area contributed by atoms with Crippen LogP contribution in [0.5, 0.6) is 0 Å². The van der Waals surface area contributed by atoms with Gasteiger partial charge < -0.3 is 9.80 Å². The SMILES string of the molecule is CC(C)(C)c1ccc(-c2cc(C(C)(C)C)ccc2N2c3ccc(-c4ccccc4)cc3B3c4cc(-c5ccccc5)ccc4N(c4ccc(C(C)(C)C)cc4-c4ccc(C(C)(C)C)cc4)c4cc(C5CCCCC5)cc2c43)cc1. The summed E-state index contributed by atoms with van der Waals surface area (Å²) in [7, 11) is 0. The Morgan fingerprint density at radius 2 is 0.671 bits per heavy atom. The molecule has 0 amide bonds. The molecule has 1 saturated carbocycles. The maximum Gasteiger partial charge on any atom is 0.252 e. The molecule has 396 valence electrons. The van der Waals surface area contributed by atoms with Crippen LogP contribution in [-0.2, 0) is 21.7 Å². The van der Waals surface area contributed by atoms with Gasteiger partial charge in [0.15, 0.2) is 0 Å². The molecule has 2 aliphatic heterocycles. The van der Waals surface area contributed by atoms with Gasteiger partial charge in [0.05, 0.1) is 11.4 Å². The van der Waals surface area contributed by atoms with Crippen LogP contribution in [0.2, 0.25) is 0 Å². The second kappa shape index (κ2) is 19.8. The molecule has 1 aliphatic carbocycles. The van der Waals surface area contributed by atoms with Crippen molar-refractivity contribution in [3.8, 4) is 44.5 Å². The Morgan fingerprint density at radius 1 is 0.316 bits per heavy atom. The van der Waals surface area contributed by atoms with Crippen LogP contribution in [0.25, 0.3) is 44.5 Å². The Kier molecular flexibility index (Phi) is 13.1. The molecule has 0 aromatic heterocycles. The molecule has 79 heavy (non-hydrogen) atoms. The van der Waals surface area contributed by atoms with E-state index in [-0.39, 0.29) is 28.4 Å². The molecular formula is C76H79BN2. The van der Waals surface area contributed by atoms with Crippen molar-refractivity contribution in [3.05, 3.63) is 222 Å². The molecule has 9 aromatic rings. The normalized spacial score (nSPS) is 14.7. The highest BCUT2D eigenvalue weighted by atomic mass is 15.2. The highest BCUT2D eigenvalue weighted by molar-refractivity contribution is 7.00. The third-order valence-electron chi connectivity index (χ3n) is 17.7. The van der Waals surface area contributed by atoms with Crippen molar-refractivity contribution in [3.63, 3.8) is 0 Å². The second-order valence-electron chi connectivity index (χ2n) is 27.3. The number of nitrogens with zero attached hydrogens (tertiary/aromatic N) is 2. The summed E-state index contributed by atoms with van der Waals surface area (Å²) in [5, 5.41) is 0. The van der Waals surface area contributed by atoms with Crippen molar-refractivity contribution in [1.29, 1.82) is 0 Å². The third-order valence-corrected chi connectivity index (χ3v) is 17.7. The first kappa shape index (κ1) is 52.3. The zero-order valence-electron chi connectivity index (χ0n) is 49.1. The molecule has 3 heteroatoms. The first-order valence-corrected chi connectivity index (χ1v) is 29.4. The molecule has 1 fully saturated rings. The number of hydrogen-bond donors (Lipinski definition) is 0. The Morgan fingerprint density at radius 3 is 1.05 bits per heavy atom. The number of fused-ring (bicyclic) bond motifs is 4. The average Bonchev–Trinajstić information content (AvgIpc) is 3.57. The van der Waals surface area contributed by atoms with E-state index in [4.69, 9.17) is 0 Å². The van der Waals surface area contributed by atoms with Crippen LogP contribution >= 0.6 is 0 Å². The van der Waals surface area contributed by atoms with Gasteiger partial charge in [0, 0.05) is 33.9 Å². The highest BCUT2D eigenvalue weighted by Gasteiger charge is 2.45. The third kappa shape index (κ3) is 9.76. The summed E-state index contributed by atoms with van der Waals surface area (Å²) in [6.07, 6.45) is 6.22. The minimum atomic E-state index is -0.0676. The van der Waals surface area contributed by atoms with Crippen LogP contribution in [0.1, 0.15) is 149 Å². The Hall–Kier alpha value is -7.36. The summed E-state index contributed by atoms with van der Waals surface area (Å²) in [4.78, 5) is 5.40. The number of rotatable bonds is 7. The summed E-state index contributed by atoms with van der Waals surface area (Å²) in [5.74, 6) is 0.460. The molecule has 9 aromatic carbocycles. The molecule has 2 nitrogen and oxygen atoms in total. The predicted octanol–water partition coefficient (Wildman–Crippen LogP) is 19.7. The van der Waals surface area contributed by atoms with Gasteiger partial charge in [-0.25, -0.2) is 0 Å². The van der Waals surface area contributed by atoms with E-state index in [0.29, 0.717) is 5.92 Å². The zero-order valence-corrected chi connectivity index (χ0v) is 49.1. The van der Waals surface area contributed by atoms with Crippen molar-refractivity contribution < 1.29 is 0 Å². The maximum absolute atomic E-state index is 2.70. The van der Waals surface area contributed by atoms with E-state index in [2.05, 4.69) is 287 Å². The largest absolute Gasteiger partial charge is 0.311 e. The lowest BCUT2D eigenvalue weighted by molar-refractivity contribution is 0.444. The summed E-state index contributed by atoms with van der Waals surface area (Å²) in [5.41, 5.74) is 28.1. The zero-order chi connectivity index (χ0) is 55.2. The lowest BCUT2D eigenvalue weighted by Gasteiger charge is -2.46. The average molecular weight is 1030 g/mol. The first-order valence-electron chi connectivity index (χ1n) is 29.4.